The molecule has 0 unspecified atom stereocenters. The summed E-state index contributed by atoms with van der Waals surface area (Å²) in [4.78, 5) is 3.26. The quantitative estimate of drug-likeness (QED) is 0.332. The van der Waals surface area contributed by atoms with E-state index in [1.54, 1.807) is 6.92 Å². The molecule has 2 aromatic carbocycles. The van der Waals surface area contributed by atoms with Crippen molar-refractivity contribution in [3.63, 3.8) is 0 Å². The molecule has 10 nitrogen and oxygen atoms in total. The van der Waals surface area contributed by atoms with Gasteiger partial charge in [0, 0.05) is 11.4 Å². The van der Waals surface area contributed by atoms with Gasteiger partial charge in [0.1, 0.15) is 21.7 Å². The first-order valence-corrected chi connectivity index (χ1v) is 12.4. The van der Waals surface area contributed by atoms with Crippen LogP contribution in [0, 0.1) is 18.3 Å². The van der Waals surface area contributed by atoms with Crippen LogP contribution in [0.3, 0.4) is 0 Å². The summed E-state index contributed by atoms with van der Waals surface area (Å²) < 4.78 is 64.6. The summed E-state index contributed by atoms with van der Waals surface area (Å²) in [5, 5.41) is 14.8. The Hall–Kier alpha value is -2.92. The molecule has 172 valence electrons. The first kappa shape index (κ1) is 24.7. The second-order valence-corrected chi connectivity index (χ2v) is 10.2. The Labute approximate surface area is 199 Å². The van der Waals surface area contributed by atoms with Crippen LogP contribution in [0.5, 0.6) is 0 Å². The van der Waals surface area contributed by atoms with Crippen molar-refractivity contribution >= 4 is 66.4 Å². The third-order valence-electron chi connectivity index (χ3n) is 4.28. The Morgan fingerprint density at radius 2 is 1.36 bits per heavy atom. The molecule has 3 rings (SSSR count). The van der Waals surface area contributed by atoms with E-state index >= 15 is 0 Å². The molecule has 1 heterocycles. The molecule has 14 heteroatoms. The van der Waals surface area contributed by atoms with E-state index < -0.39 is 30.0 Å². The lowest BCUT2D eigenvalue weighted by atomic mass is 10.1. The number of aromatic nitrogens is 1. The average Bonchev–Trinajstić information content (AvgIpc) is 2.69. The molecular weight excluding hydrogens is 515 g/mol. The number of benzene rings is 2. The highest BCUT2D eigenvalue weighted by atomic mass is 35.5. The maximum Gasteiger partial charge on any atom is 0.296 e. The molecule has 0 aliphatic heterocycles. The van der Waals surface area contributed by atoms with Crippen molar-refractivity contribution < 1.29 is 25.9 Å². The number of hydrogen-bond acceptors (Lipinski definition) is 8. The van der Waals surface area contributed by atoms with E-state index in [9.17, 15) is 31.2 Å². The van der Waals surface area contributed by atoms with Crippen LogP contribution in [0.2, 0.25) is 10.0 Å². The van der Waals surface area contributed by atoms with Gasteiger partial charge in [-0.05, 0) is 55.0 Å². The highest BCUT2D eigenvalue weighted by molar-refractivity contribution is 7.86. The molecule has 1 aromatic heterocycles. The number of nitrogens with one attached hydrogen (secondary N) is 2. The van der Waals surface area contributed by atoms with Crippen molar-refractivity contribution in [2.45, 2.75) is 16.7 Å². The van der Waals surface area contributed by atoms with Gasteiger partial charge in [-0.15, -0.1) is 0 Å². The van der Waals surface area contributed by atoms with E-state index in [0.29, 0.717) is 5.56 Å². The van der Waals surface area contributed by atoms with Crippen LogP contribution in [0.15, 0.2) is 52.3 Å². The highest BCUT2D eigenvalue weighted by Crippen LogP contribution is 2.31. The Morgan fingerprint density at radius 1 is 0.879 bits per heavy atom. The van der Waals surface area contributed by atoms with Crippen molar-refractivity contribution in [1.29, 1.82) is 5.26 Å². The minimum absolute atomic E-state index is 0.0487. The third kappa shape index (κ3) is 5.72. The third-order valence-corrected chi connectivity index (χ3v) is 6.95. The molecular formula is C19H14Cl2N4O6S2. The lowest BCUT2D eigenvalue weighted by molar-refractivity contribution is 0.481. The molecule has 0 spiro atoms. The predicted molar refractivity (Wildman–Crippen MR) is 123 cm³/mol. The number of anilines is 4. The van der Waals surface area contributed by atoms with Gasteiger partial charge >= 0.3 is 0 Å². The average molecular weight is 529 g/mol. The van der Waals surface area contributed by atoms with E-state index in [-0.39, 0.29) is 38.6 Å². The molecule has 0 bridgehead atoms. The molecule has 0 aliphatic carbocycles. The van der Waals surface area contributed by atoms with Gasteiger partial charge in [-0.2, -0.15) is 22.1 Å². The Morgan fingerprint density at radius 3 is 1.82 bits per heavy atom. The van der Waals surface area contributed by atoms with Crippen LogP contribution >= 0.6 is 23.2 Å². The summed E-state index contributed by atoms with van der Waals surface area (Å²) in [5.74, 6) is 0.245. The molecule has 4 N–H and O–H groups in total. The number of nitrogens with zero attached hydrogens (tertiary/aromatic N) is 2. The summed E-state index contributed by atoms with van der Waals surface area (Å²) in [5.41, 5.74) is 1.05. The molecule has 0 atom stereocenters. The van der Waals surface area contributed by atoms with Gasteiger partial charge in [0.05, 0.1) is 15.6 Å². The minimum atomic E-state index is -4.59. The highest BCUT2D eigenvalue weighted by Gasteiger charge is 2.18. The molecule has 0 amide bonds. The van der Waals surface area contributed by atoms with Gasteiger partial charge < -0.3 is 10.6 Å². The Kier molecular flexibility index (Phi) is 6.85. The maximum absolute atomic E-state index is 11.5. The van der Waals surface area contributed by atoms with Crippen molar-refractivity contribution in [2.24, 2.45) is 0 Å². The number of halogens is 2. The topological polar surface area (TPSA) is 169 Å². The van der Waals surface area contributed by atoms with E-state index in [2.05, 4.69) is 15.6 Å². The fourth-order valence-corrected chi connectivity index (χ4v) is 4.81. The van der Waals surface area contributed by atoms with Gasteiger partial charge in [0.25, 0.3) is 20.2 Å². The zero-order valence-electron chi connectivity index (χ0n) is 16.5. The molecule has 0 radical (unpaired) electrons. The van der Waals surface area contributed by atoms with E-state index in [1.807, 2.05) is 6.07 Å². The zero-order chi connectivity index (χ0) is 24.6. The van der Waals surface area contributed by atoms with Crippen LogP contribution in [0.25, 0.3) is 0 Å². The zero-order valence-corrected chi connectivity index (χ0v) is 19.7. The first-order chi connectivity index (χ1) is 15.3. The van der Waals surface area contributed by atoms with Gasteiger partial charge in [-0.3, -0.25) is 9.11 Å². The molecule has 3 aromatic rings. The number of nitriles is 1. The molecule has 0 aliphatic rings. The van der Waals surface area contributed by atoms with Crippen LogP contribution in [-0.4, -0.2) is 30.9 Å². The fourth-order valence-electron chi connectivity index (χ4n) is 2.81. The van der Waals surface area contributed by atoms with Gasteiger partial charge in [-0.1, -0.05) is 23.2 Å². The second kappa shape index (κ2) is 9.14. The molecule has 0 saturated carbocycles. The Balaban J connectivity index is 2.03. The van der Waals surface area contributed by atoms with E-state index in [0.717, 1.165) is 12.1 Å². The maximum atomic E-state index is 11.5. The summed E-state index contributed by atoms with van der Waals surface area (Å²) in [6.07, 6.45) is 0. The van der Waals surface area contributed by atoms with E-state index in [4.69, 9.17) is 23.2 Å². The summed E-state index contributed by atoms with van der Waals surface area (Å²) in [6.45, 7) is 1.63. The number of rotatable bonds is 6. The smallest absolute Gasteiger partial charge is 0.296 e. The van der Waals surface area contributed by atoms with Crippen LogP contribution < -0.4 is 10.6 Å². The lowest BCUT2D eigenvalue weighted by Gasteiger charge is -2.14. The van der Waals surface area contributed by atoms with Crippen LogP contribution in [-0.2, 0) is 20.2 Å². The second-order valence-electron chi connectivity index (χ2n) is 6.65. The summed E-state index contributed by atoms with van der Waals surface area (Å²) >= 11 is 11.6. The largest absolute Gasteiger partial charge is 0.340 e. The normalized spacial score (nSPS) is 11.6. The van der Waals surface area contributed by atoms with Crippen molar-refractivity contribution in [2.75, 3.05) is 10.6 Å². The number of hydrogen-bond donors (Lipinski definition) is 4. The molecule has 33 heavy (non-hydrogen) atoms. The fraction of sp³-hybridized carbons (Fsp3) is 0.0526. The van der Waals surface area contributed by atoms with Gasteiger partial charge in [-0.25, -0.2) is 4.98 Å². The first-order valence-electron chi connectivity index (χ1n) is 8.79. The van der Waals surface area contributed by atoms with Crippen LogP contribution in [0.4, 0.5) is 23.0 Å². The minimum Gasteiger partial charge on any atom is -0.340 e. The van der Waals surface area contributed by atoms with Crippen molar-refractivity contribution in [3.8, 4) is 6.07 Å². The van der Waals surface area contributed by atoms with E-state index in [1.165, 1.54) is 30.3 Å². The predicted octanol–water partition coefficient (Wildman–Crippen LogP) is 4.55. The Bertz CT molecular complexity index is 1520. The molecule has 0 fully saturated rings. The lowest BCUT2D eigenvalue weighted by Crippen LogP contribution is -2.05. The number of aryl methyl sites for hydroxylation is 1. The summed E-state index contributed by atoms with van der Waals surface area (Å²) in [7, 11) is -9.15. The van der Waals surface area contributed by atoms with Gasteiger partial charge in [0.2, 0.25) is 0 Å². The SMILES string of the molecule is Cc1cc(Nc2ccc(Cl)c(S(=O)(=O)O)c2)nc(Nc2ccc(Cl)c(S(=O)(=O)O)c2)c1C#N. The van der Waals surface area contributed by atoms with Crippen LogP contribution in [0.1, 0.15) is 11.1 Å². The van der Waals surface area contributed by atoms with Gasteiger partial charge in [0.15, 0.2) is 5.82 Å². The van der Waals surface area contributed by atoms with Crippen molar-refractivity contribution in [1.82, 2.24) is 4.98 Å². The standard InChI is InChI=1S/C19H14Cl2N4O6S2/c1-10-6-18(23-11-2-4-14(20)16(7-11)32(26,27)28)25-19(13(10)9-22)24-12-3-5-15(21)17(8-12)33(29,30)31/h2-8H,1H3,(H2,23,24,25)(H,26,27,28)(H,29,30,31). The molecule has 0 saturated heterocycles. The number of pyridine rings is 1. The summed E-state index contributed by atoms with van der Waals surface area (Å²) in [6, 6.07) is 11.1. The monoisotopic (exact) mass is 528 g/mol. The van der Waals surface area contributed by atoms with Crippen molar-refractivity contribution in [3.05, 3.63) is 63.6 Å².